The van der Waals surface area contributed by atoms with E-state index in [1.165, 1.54) is 0 Å². The molecule has 0 aliphatic rings. The lowest BCUT2D eigenvalue weighted by Gasteiger charge is -2.17. The number of pyridine rings is 1. The van der Waals surface area contributed by atoms with E-state index in [2.05, 4.69) is 15.0 Å². The first-order chi connectivity index (χ1) is 8.98. The number of nitrogens with zero attached hydrogens (tertiary/aromatic N) is 3. The highest BCUT2D eigenvalue weighted by Crippen LogP contribution is 2.21. The molecule has 0 spiro atoms. The molecule has 0 bridgehead atoms. The van der Waals surface area contributed by atoms with Crippen LogP contribution in [-0.4, -0.2) is 27.6 Å². The minimum atomic E-state index is -0.363. The predicted octanol–water partition coefficient (Wildman–Crippen LogP) is 1.83. The van der Waals surface area contributed by atoms with Gasteiger partial charge in [0.05, 0.1) is 12.8 Å². The van der Waals surface area contributed by atoms with E-state index < -0.39 is 0 Å². The third-order valence-corrected chi connectivity index (χ3v) is 2.53. The summed E-state index contributed by atoms with van der Waals surface area (Å²) in [5.41, 5.74) is 7.37. The first kappa shape index (κ1) is 13.4. The first-order valence-electron chi connectivity index (χ1n) is 6.09. The van der Waals surface area contributed by atoms with E-state index >= 15 is 0 Å². The average molecular weight is 258 g/mol. The van der Waals surface area contributed by atoms with Gasteiger partial charge in [-0.1, -0.05) is 0 Å². The van der Waals surface area contributed by atoms with Crippen molar-refractivity contribution in [2.45, 2.75) is 25.8 Å². The molecule has 0 amide bonds. The third-order valence-electron chi connectivity index (χ3n) is 2.53. The van der Waals surface area contributed by atoms with Crippen LogP contribution in [0.1, 0.15) is 19.7 Å². The second-order valence-corrected chi connectivity index (χ2v) is 5.12. The Morgan fingerprint density at radius 1 is 1.32 bits per heavy atom. The van der Waals surface area contributed by atoms with Gasteiger partial charge in [-0.25, -0.2) is 4.98 Å². The van der Waals surface area contributed by atoms with Crippen molar-refractivity contribution < 1.29 is 4.74 Å². The molecule has 2 aromatic rings. The topological polar surface area (TPSA) is 73.9 Å². The molecule has 0 saturated carbocycles. The maximum absolute atomic E-state index is 6.01. The van der Waals surface area contributed by atoms with Crippen molar-refractivity contribution in [3.63, 3.8) is 0 Å². The minimum absolute atomic E-state index is 0.363. The number of hydrogen-bond acceptors (Lipinski definition) is 5. The van der Waals surface area contributed by atoms with Gasteiger partial charge in [-0.3, -0.25) is 4.98 Å². The van der Waals surface area contributed by atoms with Crippen LogP contribution >= 0.6 is 0 Å². The Hall–Kier alpha value is -2.01. The Labute approximate surface area is 112 Å². The number of methoxy groups -OCH3 is 1. The summed E-state index contributed by atoms with van der Waals surface area (Å²) >= 11 is 0. The largest absolute Gasteiger partial charge is 0.481 e. The molecule has 19 heavy (non-hydrogen) atoms. The molecule has 2 N–H and O–H groups in total. The van der Waals surface area contributed by atoms with Crippen LogP contribution in [0.15, 0.2) is 30.6 Å². The summed E-state index contributed by atoms with van der Waals surface area (Å²) in [6.45, 7) is 3.89. The molecule has 0 aliphatic heterocycles. The molecule has 0 aliphatic carbocycles. The predicted molar refractivity (Wildman–Crippen MR) is 73.8 cm³/mol. The lowest BCUT2D eigenvalue weighted by atomic mass is 10.0. The first-order valence-corrected chi connectivity index (χ1v) is 6.09. The van der Waals surface area contributed by atoms with Crippen LogP contribution in [0.25, 0.3) is 11.3 Å². The number of nitrogens with two attached hydrogens (primary N) is 1. The van der Waals surface area contributed by atoms with Gasteiger partial charge in [0.25, 0.3) is 0 Å². The summed E-state index contributed by atoms with van der Waals surface area (Å²) < 4.78 is 5.22. The van der Waals surface area contributed by atoms with Crippen molar-refractivity contribution in [3.8, 4) is 17.1 Å². The maximum Gasteiger partial charge on any atom is 0.216 e. The fourth-order valence-electron chi connectivity index (χ4n) is 1.73. The van der Waals surface area contributed by atoms with Crippen molar-refractivity contribution in [2.75, 3.05) is 7.11 Å². The van der Waals surface area contributed by atoms with Gasteiger partial charge in [0.1, 0.15) is 5.82 Å². The highest BCUT2D eigenvalue weighted by atomic mass is 16.5. The molecule has 2 heterocycles. The second-order valence-electron chi connectivity index (χ2n) is 5.12. The third kappa shape index (κ3) is 3.72. The van der Waals surface area contributed by atoms with Crippen LogP contribution in [0.3, 0.4) is 0 Å². The lowest BCUT2D eigenvalue weighted by Crippen LogP contribution is -2.35. The zero-order valence-electron chi connectivity index (χ0n) is 11.4. The van der Waals surface area contributed by atoms with Gasteiger partial charge in [-0.05, 0) is 26.0 Å². The van der Waals surface area contributed by atoms with Crippen molar-refractivity contribution in [1.82, 2.24) is 15.0 Å². The molecular formula is C14H18N4O. The molecular weight excluding hydrogens is 240 g/mol. The Kier molecular flexibility index (Phi) is 3.76. The van der Waals surface area contributed by atoms with Gasteiger partial charge in [0.15, 0.2) is 0 Å². The van der Waals surface area contributed by atoms with Gasteiger partial charge in [0, 0.05) is 36.0 Å². The summed E-state index contributed by atoms with van der Waals surface area (Å²) in [5.74, 6) is 1.21. The Morgan fingerprint density at radius 2 is 2.11 bits per heavy atom. The van der Waals surface area contributed by atoms with Crippen LogP contribution in [0.5, 0.6) is 5.88 Å². The minimum Gasteiger partial charge on any atom is -0.481 e. The van der Waals surface area contributed by atoms with Gasteiger partial charge < -0.3 is 10.5 Å². The van der Waals surface area contributed by atoms with E-state index in [0.717, 1.165) is 11.3 Å². The number of ether oxygens (including phenoxy) is 1. The van der Waals surface area contributed by atoms with E-state index in [1.54, 1.807) is 25.6 Å². The van der Waals surface area contributed by atoms with Crippen molar-refractivity contribution >= 4 is 0 Å². The van der Waals surface area contributed by atoms with E-state index in [-0.39, 0.29) is 5.54 Å². The lowest BCUT2D eigenvalue weighted by molar-refractivity contribution is 0.392. The molecule has 100 valence electrons. The summed E-state index contributed by atoms with van der Waals surface area (Å²) in [6, 6.07) is 5.62. The van der Waals surface area contributed by atoms with E-state index in [4.69, 9.17) is 10.5 Å². The Balaban J connectivity index is 2.42. The molecule has 0 fully saturated rings. The maximum atomic E-state index is 6.01. The van der Waals surface area contributed by atoms with E-state index in [0.29, 0.717) is 18.1 Å². The summed E-state index contributed by atoms with van der Waals surface area (Å²) in [6.07, 6.45) is 4.07. The SMILES string of the molecule is COc1cc(-c2cccnc2)nc(CC(C)(C)N)n1. The van der Waals surface area contributed by atoms with Gasteiger partial charge in [0.2, 0.25) is 5.88 Å². The van der Waals surface area contributed by atoms with Crippen LogP contribution in [-0.2, 0) is 6.42 Å². The van der Waals surface area contributed by atoms with E-state index in [9.17, 15) is 0 Å². The molecule has 0 unspecified atom stereocenters. The van der Waals surface area contributed by atoms with Crippen LogP contribution in [0, 0.1) is 0 Å². The van der Waals surface area contributed by atoms with Gasteiger partial charge in [-0.2, -0.15) is 4.98 Å². The summed E-state index contributed by atoms with van der Waals surface area (Å²) in [4.78, 5) is 12.9. The molecule has 0 atom stereocenters. The monoisotopic (exact) mass is 258 g/mol. The molecule has 2 aromatic heterocycles. The Morgan fingerprint density at radius 3 is 2.68 bits per heavy atom. The highest BCUT2D eigenvalue weighted by molar-refractivity contribution is 5.58. The molecule has 0 radical (unpaired) electrons. The van der Waals surface area contributed by atoms with Gasteiger partial charge in [-0.15, -0.1) is 0 Å². The smallest absolute Gasteiger partial charge is 0.216 e. The van der Waals surface area contributed by atoms with E-state index in [1.807, 2.05) is 26.0 Å². The van der Waals surface area contributed by atoms with Crippen LogP contribution in [0.4, 0.5) is 0 Å². The van der Waals surface area contributed by atoms with Crippen molar-refractivity contribution in [2.24, 2.45) is 5.73 Å². The summed E-state index contributed by atoms with van der Waals surface area (Å²) in [5, 5.41) is 0. The van der Waals surface area contributed by atoms with Crippen LogP contribution < -0.4 is 10.5 Å². The summed E-state index contributed by atoms with van der Waals surface area (Å²) in [7, 11) is 1.59. The molecule has 5 heteroatoms. The van der Waals surface area contributed by atoms with Gasteiger partial charge >= 0.3 is 0 Å². The quantitative estimate of drug-likeness (QED) is 0.905. The van der Waals surface area contributed by atoms with Crippen molar-refractivity contribution in [1.29, 1.82) is 0 Å². The Bertz CT molecular complexity index is 549. The second kappa shape index (κ2) is 5.32. The standard InChI is InChI=1S/C14H18N4O/c1-14(2,15)8-12-17-11(7-13(18-12)19-3)10-5-4-6-16-9-10/h4-7,9H,8,15H2,1-3H3. The molecule has 0 saturated heterocycles. The van der Waals surface area contributed by atoms with Crippen molar-refractivity contribution in [3.05, 3.63) is 36.4 Å². The average Bonchev–Trinajstić information content (AvgIpc) is 2.37. The molecule has 2 rings (SSSR count). The zero-order chi connectivity index (χ0) is 13.9. The van der Waals surface area contributed by atoms with Crippen LogP contribution in [0.2, 0.25) is 0 Å². The number of aromatic nitrogens is 3. The number of hydrogen-bond donors (Lipinski definition) is 1. The molecule has 0 aromatic carbocycles. The number of rotatable bonds is 4. The fraction of sp³-hybridized carbons (Fsp3) is 0.357. The fourth-order valence-corrected chi connectivity index (χ4v) is 1.73. The molecule has 5 nitrogen and oxygen atoms in total. The zero-order valence-corrected chi connectivity index (χ0v) is 11.4. The highest BCUT2D eigenvalue weighted by Gasteiger charge is 2.16. The normalized spacial score (nSPS) is 11.4.